The molecule has 3 heteroatoms. The Bertz CT molecular complexity index is 1990. The van der Waals surface area contributed by atoms with Gasteiger partial charge in [0.2, 0.25) is 0 Å². The first-order valence-electron chi connectivity index (χ1n) is 17.9. The van der Waals surface area contributed by atoms with E-state index >= 15 is 0 Å². The molecule has 0 nitrogen and oxygen atoms in total. The van der Waals surface area contributed by atoms with Crippen molar-refractivity contribution in [2.24, 2.45) is 5.41 Å². The van der Waals surface area contributed by atoms with Gasteiger partial charge >= 0.3 is 306 Å². The molecule has 3 aliphatic carbocycles. The van der Waals surface area contributed by atoms with Gasteiger partial charge in [0.1, 0.15) is 0 Å². The molecule has 0 radical (unpaired) electrons. The van der Waals surface area contributed by atoms with Crippen LogP contribution in [0.5, 0.6) is 0 Å². The van der Waals surface area contributed by atoms with E-state index in [9.17, 15) is 0 Å². The molecule has 0 amide bonds. The molecule has 0 heterocycles. The zero-order valence-electron chi connectivity index (χ0n) is 31.5. The number of hydrogen-bond acceptors (Lipinski definition) is 0. The third-order valence-electron chi connectivity index (χ3n) is 10.8. The van der Waals surface area contributed by atoms with Crippen molar-refractivity contribution in [1.29, 1.82) is 0 Å². The maximum atomic E-state index is 2.72. The van der Waals surface area contributed by atoms with E-state index in [2.05, 4.69) is 184 Å². The number of rotatable bonds is 6. The molecule has 247 valence electrons. The van der Waals surface area contributed by atoms with Gasteiger partial charge in [0, 0.05) is 0 Å². The normalized spacial score (nSPS) is 19.4. The molecule has 0 aliphatic heterocycles. The number of allylic oxidation sites excluding steroid dienone is 8. The fourth-order valence-corrected chi connectivity index (χ4v) is 18.0. The monoisotopic (exact) mass is 741 g/mol. The van der Waals surface area contributed by atoms with E-state index in [1.54, 1.807) is 38.8 Å². The fourth-order valence-electron chi connectivity index (χ4n) is 8.66. The zero-order chi connectivity index (χ0) is 34.9. The van der Waals surface area contributed by atoms with Crippen molar-refractivity contribution in [1.82, 2.24) is 0 Å². The number of hydrogen-bond donors (Lipinski definition) is 0. The van der Waals surface area contributed by atoms with Crippen LogP contribution in [0.4, 0.5) is 0 Å². The van der Waals surface area contributed by atoms with Crippen LogP contribution in [0.25, 0.3) is 8.85 Å². The van der Waals surface area contributed by atoms with Crippen LogP contribution in [-0.2, 0) is 28.2 Å². The summed E-state index contributed by atoms with van der Waals surface area (Å²) in [5, 5.41) is 4.74. The molecule has 0 spiro atoms. The Balaban J connectivity index is 1.91. The topological polar surface area (TPSA) is 0 Å². The summed E-state index contributed by atoms with van der Waals surface area (Å²) < 4.78 is 3.27. The zero-order valence-corrected chi connectivity index (χ0v) is 36.0. The van der Waals surface area contributed by atoms with E-state index in [0.717, 1.165) is 6.42 Å². The van der Waals surface area contributed by atoms with Crippen molar-refractivity contribution >= 4 is 33.4 Å². The van der Waals surface area contributed by atoms with Crippen molar-refractivity contribution in [3.63, 3.8) is 0 Å². The van der Waals surface area contributed by atoms with E-state index < -0.39 is 38.9 Å². The SMILES string of the molecule is CC(C)(C)c1cc([Si](C)(C)C)c2c(c1)=[C]([Zr]=[C](c1ccccc1)c1ccccc1)C1=C(C3=CC=CC3)C(C(C)(C)C)([Si](C)(C)C)C=CC=21. The van der Waals surface area contributed by atoms with E-state index in [4.69, 9.17) is 0 Å². The minimum atomic E-state index is -1.84. The van der Waals surface area contributed by atoms with Gasteiger partial charge in [0.15, 0.2) is 0 Å². The summed E-state index contributed by atoms with van der Waals surface area (Å²) in [6.45, 7) is 30.3. The average molecular weight is 743 g/mol. The van der Waals surface area contributed by atoms with Crippen LogP contribution in [0.1, 0.15) is 64.7 Å². The Labute approximate surface area is 304 Å². The Morgan fingerprint density at radius 3 is 1.81 bits per heavy atom. The van der Waals surface area contributed by atoms with Crippen molar-refractivity contribution in [3.8, 4) is 0 Å². The second kappa shape index (κ2) is 12.4. The third kappa shape index (κ3) is 6.01. The molecule has 0 bridgehead atoms. The molecule has 6 rings (SSSR count). The quantitative estimate of drug-likeness (QED) is 0.221. The standard InChI is InChI=1S/C32H45Si2.C13H10.Zr/c1-30(2,3)24-19-23-20-26-25(28(23)27(21-24)33(7,8)9)17-18-32(31(4,5)6,34(10,11)12)29(26)22-15-13-14-16-22;1-3-7-12(8-4-1)11-13-9-5-2-6-10-13;/h13-15,17-19,21H,16H2,1-12H3;1-10H;. The van der Waals surface area contributed by atoms with Gasteiger partial charge in [-0.2, -0.15) is 0 Å². The average Bonchev–Trinajstić information content (AvgIpc) is 3.64. The van der Waals surface area contributed by atoms with Crippen LogP contribution >= 0.6 is 0 Å². The van der Waals surface area contributed by atoms with Gasteiger partial charge in [-0.3, -0.25) is 0 Å². The van der Waals surface area contributed by atoms with Crippen LogP contribution in [0.2, 0.25) is 44.3 Å². The second-order valence-electron chi connectivity index (χ2n) is 18.2. The van der Waals surface area contributed by atoms with Gasteiger partial charge < -0.3 is 0 Å². The van der Waals surface area contributed by atoms with E-state index in [-0.39, 0.29) is 15.9 Å². The van der Waals surface area contributed by atoms with Gasteiger partial charge in [0.25, 0.3) is 0 Å². The summed E-state index contributed by atoms with van der Waals surface area (Å²) in [4.78, 5) is 0. The fraction of sp³-hybridized carbons (Fsp3) is 0.356. The number of fused-ring (bicyclic) bond motifs is 2. The van der Waals surface area contributed by atoms with Crippen molar-refractivity contribution in [2.45, 2.75) is 97.7 Å². The van der Waals surface area contributed by atoms with Crippen molar-refractivity contribution < 1.29 is 22.8 Å². The summed E-state index contributed by atoms with van der Waals surface area (Å²) in [5.41, 5.74) is 10.7. The summed E-state index contributed by atoms with van der Waals surface area (Å²) in [5.74, 6) is 0. The summed E-state index contributed by atoms with van der Waals surface area (Å²) in [6, 6.07) is 27.9. The maximum absolute atomic E-state index is 2.72. The molecular weight excluding hydrogens is 688 g/mol. The van der Waals surface area contributed by atoms with Gasteiger partial charge in [-0.05, 0) is 0 Å². The summed E-state index contributed by atoms with van der Waals surface area (Å²) >= 11 is -1.40. The molecular formula is C45H55Si2Zr. The summed E-state index contributed by atoms with van der Waals surface area (Å²) in [6.07, 6.45) is 13.5. The van der Waals surface area contributed by atoms with Gasteiger partial charge in [-0.15, -0.1) is 0 Å². The first-order chi connectivity index (χ1) is 22.4. The second-order valence-corrected chi connectivity index (χ2v) is 31.6. The Morgan fingerprint density at radius 2 is 1.35 bits per heavy atom. The first kappa shape index (κ1) is 35.4. The van der Waals surface area contributed by atoms with Gasteiger partial charge in [-0.1, -0.05) is 0 Å². The van der Waals surface area contributed by atoms with Crippen molar-refractivity contribution in [3.05, 3.63) is 147 Å². The van der Waals surface area contributed by atoms with Crippen LogP contribution in [0, 0.1) is 5.41 Å². The molecule has 3 aliphatic rings. The Hall–Kier alpha value is -2.45. The molecule has 1 atom stereocenters. The first-order valence-corrected chi connectivity index (χ1v) is 27.3. The molecule has 3 aromatic rings. The van der Waals surface area contributed by atoms with Crippen LogP contribution < -0.4 is 15.6 Å². The van der Waals surface area contributed by atoms with Crippen molar-refractivity contribution in [2.75, 3.05) is 0 Å². The Kier molecular flexibility index (Phi) is 9.14. The summed E-state index contributed by atoms with van der Waals surface area (Å²) in [7, 11) is -3.58. The van der Waals surface area contributed by atoms with Crippen LogP contribution in [0.3, 0.4) is 0 Å². The third-order valence-corrected chi connectivity index (χ3v) is 20.3. The molecule has 0 fully saturated rings. The molecule has 1 unspecified atom stereocenters. The number of benzene rings is 3. The molecule has 3 aromatic carbocycles. The molecule has 0 saturated carbocycles. The molecule has 0 N–H and O–H groups in total. The minimum absolute atomic E-state index is 0.00473. The van der Waals surface area contributed by atoms with E-state index in [1.165, 1.54) is 22.3 Å². The predicted octanol–water partition coefficient (Wildman–Crippen LogP) is 10.0. The van der Waals surface area contributed by atoms with E-state index in [1.807, 2.05) is 0 Å². The predicted molar refractivity (Wildman–Crippen MR) is 214 cm³/mol. The van der Waals surface area contributed by atoms with Gasteiger partial charge in [0.05, 0.1) is 0 Å². The van der Waals surface area contributed by atoms with Gasteiger partial charge in [-0.25, -0.2) is 0 Å². The Morgan fingerprint density at radius 1 is 0.771 bits per heavy atom. The van der Waals surface area contributed by atoms with Crippen LogP contribution in [-0.4, -0.2) is 19.4 Å². The molecule has 0 saturated heterocycles. The van der Waals surface area contributed by atoms with E-state index in [0.29, 0.717) is 0 Å². The molecule has 0 aromatic heterocycles. The molecule has 48 heavy (non-hydrogen) atoms. The van der Waals surface area contributed by atoms with Crippen LogP contribution in [0.15, 0.2) is 120 Å².